The van der Waals surface area contributed by atoms with Gasteiger partial charge in [0.15, 0.2) is 5.82 Å². The number of hydrogen-bond donors (Lipinski definition) is 2. The molecule has 1 aliphatic rings. The molecule has 2 N–H and O–H groups in total. The number of imidazole rings is 1. The van der Waals surface area contributed by atoms with Crippen LogP contribution in [-0.4, -0.2) is 21.7 Å². The first-order valence-corrected chi connectivity index (χ1v) is 3.66. The molecule has 11 heavy (non-hydrogen) atoms. The maximum absolute atomic E-state index is 4.82. The number of fused-ring (bicyclic) bond motifs is 1. The highest BCUT2D eigenvalue weighted by atomic mass is 32.1. The summed E-state index contributed by atoms with van der Waals surface area (Å²) in [6, 6.07) is 0.0417. The van der Waals surface area contributed by atoms with Crippen molar-refractivity contribution in [1.29, 1.82) is 0 Å². The van der Waals surface area contributed by atoms with Gasteiger partial charge in [-0.15, -0.1) is 0 Å². The quantitative estimate of drug-likeness (QED) is 0.604. The zero-order chi connectivity index (χ0) is 7.68. The van der Waals surface area contributed by atoms with Crippen molar-refractivity contribution >= 4 is 29.7 Å². The van der Waals surface area contributed by atoms with Crippen LogP contribution in [0.1, 0.15) is 11.7 Å². The zero-order valence-corrected chi connectivity index (χ0v) is 6.43. The van der Waals surface area contributed by atoms with Crippen molar-refractivity contribution in [2.45, 2.75) is 6.04 Å². The summed E-state index contributed by atoms with van der Waals surface area (Å²) in [6.45, 7) is 0. The third kappa shape index (κ3) is 0.932. The highest BCUT2D eigenvalue weighted by Crippen LogP contribution is 2.22. The van der Waals surface area contributed by atoms with Crippen molar-refractivity contribution < 1.29 is 0 Å². The Balaban J connectivity index is 2.48. The third-order valence-corrected chi connectivity index (χ3v) is 1.81. The molecule has 1 atom stereocenters. The molecule has 4 nitrogen and oxygen atoms in total. The molecular weight excluding hydrogens is 160 g/mol. The van der Waals surface area contributed by atoms with Crippen molar-refractivity contribution in [1.82, 2.24) is 15.3 Å². The molecule has 5 heteroatoms. The number of thiocarbonyl (C=S) groups is 1. The number of rotatable bonds is 1. The Bertz CT molecular complexity index is 303. The monoisotopic (exact) mass is 166 g/mol. The van der Waals surface area contributed by atoms with Gasteiger partial charge in [-0.05, 0) is 0 Å². The summed E-state index contributed by atoms with van der Waals surface area (Å²) < 4.78 is 0. The smallest absolute Gasteiger partial charge is 0.177 e. The lowest BCUT2D eigenvalue weighted by atomic mass is 10.2. The van der Waals surface area contributed by atoms with E-state index in [-0.39, 0.29) is 6.04 Å². The Morgan fingerprint density at radius 2 is 2.55 bits per heavy atom. The third-order valence-electron chi connectivity index (χ3n) is 1.54. The van der Waals surface area contributed by atoms with E-state index in [0.717, 1.165) is 11.5 Å². The van der Waals surface area contributed by atoms with Crippen molar-refractivity contribution in [2.24, 2.45) is 4.99 Å². The molecule has 0 amide bonds. The van der Waals surface area contributed by atoms with Gasteiger partial charge in [-0.3, -0.25) is 0 Å². The Morgan fingerprint density at radius 1 is 1.64 bits per heavy atom. The molecule has 0 fully saturated rings. The van der Waals surface area contributed by atoms with Crippen molar-refractivity contribution in [3.05, 3.63) is 12.0 Å². The Hall–Kier alpha value is -1.23. The van der Waals surface area contributed by atoms with Crippen LogP contribution in [0.3, 0.4) is 0 Å². The number of aromatic nitrogens is 2. The topological polar surface area (TPSA) is 53.1 Å². The van der Waals surface area contributed by atoms with Gasteiger partial charge in [-0.1, -0.05) is 12.2 Å². The van der Waals surface area contributed by atoms with Gasteiger partial charge in [0, 0.05) is 5.37 Å². The minimum atomic E-state index is 0.0417. The SMILES string of the molecule is S=CC1NC=Nc2nc[nH]c21. The van der Waals surface area contributed by atoms with Gasteiger partial charge in [-0.25, -0.2) is 9.98 Å². The number of aromatic amines is 1. The summed E-state index contributed by atoms with van der Waals surface area (Å²) in [5.74, 6) is 0.717. The molecule has 2 heterocycles. The van der Waals surface area contributed by atoms with Gasteiger partial charge < -0.3 is 10.3 Å². The predicted octanol–water partition coefficient (Wildman–Crippen LogP) is 0.714. The van der Waals surface area contributed by atoms with Gasteiger partial charge in [-0.2, -0.15) is 0 Å². The molecule has 1 unspecified atom stereocenters. The Morgan fingerprint density at radius 3 is 3.36 bits per heavy atom. The van der Waals surface area contributed by atoms with Crippen LogP contribution in [0.5, 0.6) is 0 Å². The molecule has 0 spiro atoms. The van der Waals surface area contributed by atoms with Crippen LogP contribution in [0.25, 0.3) is 0 Å². The second-order valence-electron chi connectivity index (χ2n) is 2.18. The lowest BCUT2D eigenvalue weighted by Gasteiger charge is -2.13. The summed E-state index contributed by atoms with van der Waals surface area (Å²) in [7, 11) is 0. The van der Waals surface area contributed by atoms with Crippen molar-refractivity contribution in [2.75, 3.05) is 0 Å². The van der Waals surface area contributed by atoms with E-state index in [0.29, 0.717) is 0 Å². The molecule has 0 aromatic carbocycles. The van der Waals surface area contributed by atoms with Crippen LogP contribution in [0.4, 0.5) is 5.82 Å². The fraction of sp³-hybridized carbons (Fsp3) is 0.167. The zero-order valence-electron chi connectivity index (χ0n) is 5.61. The molecule has 1 aromatic rings. The first-order chi connectivity index (χ1) is 5.42. The molecular formula is C6H6N4S. The molecule has 56 valence electrons. The average Bonchev–Trinajstić information content (AvgIpc) is 2.50. The van der Waals surface area contributed by atoms with Gasteiger partial charge in [0.1, 0.15) is 0 Å². The van der Waals surface area contributed by atoms with E-state index in [1.807, 2.05) is 0 Å². The first kappa shape index (κ1) is 6.48. The van der Waals surface area contributed by atoms with Crippen LogP contribution in [-0.2, 0) is 0 Å². The lowest BCUT2D eigenvalue weighted by Crippen LogP contribution is -2.23. The van der Waals surface area contributed by atoms with Gasteiger partial charge in [0.25, 0.3) is 0 Å². The number of aliphatic imine (C=N–C) groups is 1. The van der Waals surface area contributed by atoms with E-state index < -0.39 is 0 Å². The summed E-state index contributed by atoms with van der Waals surface area (Å²) in [6.07, 6.45) is 3.22. The van der Waals surface area contributed by atoms with Gasteiger partial charge in [0.2, 0.25) is 0 Å². The van der Waals surface area contributed by atoms with Gasteiger partial charge in [0.05, 0.1) is 24.4 Å². The van der Waals surface area contributed by atoms with E-state index in [1.54, 1.807) is 18.0 Å². The molecule has 2 rings (SSSR count). The average molecular weight is 166 g/mol. The van der Waals surface area contributed by atoms with Crippen LogP contribution >= 0.6 is 12.2 Å². The Labute approximate surface area is 68.8 Å². The van der Waals surface area contributed by atoms with E-state index in [4.69, 9.17) is 12.2 Å². The summed E-state index contributed by atoms with van der Waals surface area (Å²) in [5.41, 5.74) is 0.933. The fourth-order valence-electron chi connectivity index (χ4n) is 0.998. The highest BCUT2D eigenvalue weighted by molar-refractivity contribution is 7.79. The van der Waals surface area contributed by atoms with Crippen molar-refractivity contribution in [3.63, 3.8) is 0 Å². The van der Waals surface area contributed by atoms with Gasteiger partial charge >= 0.3 is 0 Å². The van der Waals surface area contributed by atoms with Crippen LogP contribution < -0.4 is 5.32 Å². The number of H-pyrrole nitrogens is 1. The lowest BCUT2D eigenvalue weighted by molar-refractivity contribution is 0.826. The normalized spacial score (nSPS) is 20.5. The maximum Gasteiger partial charge on any atom is 0.177 e. The molecule has 0 saturated heterocycles. The maximum atomic E-state index is 4.82. The van der Waals surface area contributed by atoms with E-state index >= 15 is 0 Å². The molecule has 0 saturated carbocycles. The Kier molecular flexibility index (Phi) is 1.43. The summed E-state index contributed by atoms with van der Waals surface area (Å²) in [4.78, 5) is 11.0. The van der Waals surface area contributed by atoms with E-state index in [2.05, 4.69) is 20.3 Å². The van der Waals surface area contributed by atoms with E-state index in [1.165, 1.54) is 0 Å². The van der Waals surface area contributed by atoms with Crippen molar-refractivity contribution in [3.8, 4) is 0 Å². The summed E-state index contributed by atoms with van der Waals surface area (Å²) in [5, 5.41) is 4.63. The minimum Gasteiger partial charge on any atom is -0.363 e. The number of nitrogens with zero attached hydrogens (tertiary/aromatic N) is 2. The molecule has 1 aromatic heterocycles. The molecule has 0 aliphatic carbocycles. The highest BCUT2D eigenvalue weighted by Gasteiger charge is 2.16. The second-order valence-corrected chi connectivity index (χ2v) is 2.45. The van der Waals surface area contributed by atoms with Crippen LogP contribution in [0.15, 0.2) is 11.3 Å². The largest absolute Gasteiger partial charge is 0.363 e. The minimum absolute atomic E-state index is 0.0417. The molecule has 1 aliphatic heterocycles. The first-order valence-electron chi connectivity index (χ1n) is 3.19. The number of hydrogen-bond acceptors (Lipinski definition) is 4. The van der Waals surface area contributed by atoms with Crippen LogP contribution in [0.2, 0.25) is 0 Å². The standard InChI is InChI=1S/C6H6N4S/c11-1-4-5-6(9-2-7-4)10-3-8-5/h1-4H,(H,7,9)(H,8,10). The molecule has 0 radical (unpaired) electrons. The molecule has 0 bridgehead atoms. The van der Waals surface area contributed by atoms with E-state index in [9.17, 15) is 0 Å². The van der Waals surface area contributed by atoms with Crippen LogP contribution in [0, 0.1) is 0 Å². The summed E-state index contributed by atoms with van der Waals surface area (Å²) >= 11 is 4.82. The fourth-order valence-corrected chi connectivity index (χ4v) is 1.21. The predicted molar refractivity (Wildman–Crippen MR) is 46.3 cm³/mol. The number of nitrogens with one attached hydrogen (secondary N) is 2. The second kappa shape index (κ2) is 2.43.